The number of phenolic OH excluding ortho intramolecular Hbond substituents is 2. The highest BCUT2D eigenvalue weighted by atomic mass is 16.5. The third kappa shape index (κ3) is 2.14. The molecule has 3 heteroatoms. The molecule has 0 aliphatic heterocycles. The summed E-state index contributed by atoms with van der Waals surface area (Å²) in [6.07, 6.45) is 4.02. The van der Waals surface area contributed by atoms with Crippen molar-refractivity contribution in [1.82, 2.24) is 0 Å². The van der Waals surface area contributed by atoms with Crippen LogP contribution in [0.15, 0.2) is 6.07 Å². The number of ether oxygens (including phenoxy) is 1. The zero-order valence-electron chi connectivity index (χ0n) is 11.4. The lowest BCUT2D eigenvalue weighted by molar-refractivity contribution is 0.278. The van der Waals surface area contributed by atoms with Crippen LogP contribution in [-0.2, 0) is 11.8 Å². The van der Waals surface area contributed by atoms with Gasteiger partial charge in [-0.05, 0) is 29.9 Å². The van der Waals surface area contributed by atoms with Crippen LogP contribution in [0.3, 0.4) is 0 Å². The van der Waals surface area contributed by atoms with Crippen molar-refractivity contribution >= 4 is 0 Å². The normalized spacial score (nSPS) is 15.9. The van der Waals surface area contributed by atoms with Crippen LogP contribution in [0.5, 0.6) is 17.2 Å². The highest BCUT2D eigenvalue weighted by Crippen LogP contribution is 2.51. The lowest BCUT2D eigenvalue weighted by atomic mass is 9.66. The molecule has 0 saturated carbocycles. The molecule has 0 radical (unpaired) electrons. The number of rotatable bonds is 5. The Morgan fingerprint density at radius 1 is 1.22 bits per heavy atom. The second-order valence-electron chi connectivity index (χ2n) is 5.71. The number of fused-ring (bicyclic) bond motifs is 1. The van der Waals surface area contributed by atoms with Gasteiger partial charge in [-0.25, -0.2) is 0 Å². The Labute approximate surface area is 108 Å². The Kier molecular flexibility index (Phi) is 3.42. The standard InChI is InChI=1S/C15H22O3/c1-4-5-6-7-18-12-8-11-10(9-15(11,2)3)13(16)14(12)17/h8,16-17H,4-7,9H2,1-3H3. The van der Waals surface area contributed by atoms with E-state index in [1.165, 1.54) is 0 Å². The molecule has 2 N–H and O–H groups in total. The van der Waals surface area contributed by atoms with E-state index in [-0.39, 0.29) is 16.9 Å². The molecule has 0 heterocycles. The second-order valence-corrected chi connectivity index (χ2v) is 5.71. The van der Waals surface area contributed by atoms with Crippen molar-refractivity contribution in [3.63, 3.8) is 0 Å². The zero-order valence-corrected chi connectivity index (χ0v) is 11.4. The van der Waals surface area contributed by atoms with E-state index in [1.54, 1.807) is 0 Å². The molecular formula is C15H22O3. The average Bonchev–Trinajstić information content (AvgIpc) is 2.32. The van der Waals surface area contributed by atoms with Gasteiger partial charge in [-0.15, -0.1) is 0 Å². The summed E-state index contributed by atoms with van der Waals surface area (Å²) >= 11 is 0. The SMILES string of the molecule is CCCCCOc1cc2c(c(O)c1O)CC2(C)C. The molecule has 1 aliphatic carbocycles. The van der Waals surface area contributed by atoms with E-state index in [2.05, 4.69) is 20.8 Å². The molecule has 18 heavy (non-hydrogen) atoms. The maximum absolute atomic E-state index is 9.92. The summed E-state index contributed by atoms with van der Waals surface area (Å²) in [5, 5.41) is 19.8. The largest absolute Gasteiger partial charge is 0.504 e. The van der Waals surface area contributed by atoms with Crippen LogP contribution < -0.4 is 4.74 Å². The predicted molar refractivity (Wildman–Crippen MR) is 71.5 cm³/mol. The van der Waals surface area contributed by atoms with Crippen LogP contribution in [-0.4, -0.2) is 16.8 Å². The number of unbranched alkanes of at least 4 members (excludes halogenated alkanes) is 2. The van der Waals surface area contributed by atoms with Crippen molar-refractivity contribution in [2.75, 3.05) is 6.61 Å². The van der Waals surface area contributed by atoms with Gasteiger partial charge in [0.2, 0.25) is 5.75 Å². The Morgan fingerprint density at radius 3 is 2.56 bits per heavy atom. The van der Waals surface area contributed by atoms with Gasteiger partial charge in [-0.1, -0.05) is 33.6 Å². The van der Waals surface area contributed by atoms with Crippen LogP contribution >= 0.6 is 0 Å². The molecule has 3 nitrogen and oxygen atoms in total. The molecule has 0 spiro atoms. The van der Waals surface area contributed by atoms with E-state index < -0.39 is 0 Å². The number of benzene rings is 1. The Morgan fingerprint density at radius 2 is 1.94 bits per heavy atom. The maximum Gasteiger partial charge on any atom is 0.200 e. The summed E-state index contributed by atoms with van der Waals surface area (Å²) in [6.45, 7) is 6.98. The fraction of sp³-hybridized carbons (Fsp3) is 0.600. The van der Waals surface area contributed by atoms with Gasteiger partial charge in [0.05, 0.1) is 6.61 Å². The maximum atomic E-state index is 9.92. The molecule has 100 valence electrons. The first-order valence-corrected chi connectivity index (χ1v) is 6.68. The first-order valence-electron chi connectivity index (χ1n) is 6.68. The van der Waals surface area contributed by atoms with Crippen molar-refractivity contribution in [3.05, 3.63) is 17.2 Å². The van der Waals surface area contributed by atoms with Crippen LogP contribution in [0.1, 0.15) is 51.2 Å². The van der Waals surface area contributed by atoms with Gasteiger partial charge in [0.15, 0.2) is 11.5 Å². The molecule has 1 aliphatic rings. The number of phenols is 2. The molecule has 2 rings (SSSR count). The van der Waals surface area contributed by atoms with Gasteiger partial charge in [0.25, 0.3) is 0 Å². The molecule has 0 aromatic heterocycles. The van der Waals surface area contributed by atoms with Crippen molar-refractivity contribution < 1.29 is 14.9 Å². The van der Waals surface area contributed by atoms with Crippen molar-refractivity contribution in [2.45, 2.75) is 51.9 Å². The lowest BCUT2D eigenvalue weighted by Gasteiger charge is -2.39. The van der Waals surface area contributed by atoms with Gasteiger partial charge in [-0.2, -0.15) is 0 Å². The fourth-order valence-electron chi connectivity index (χ4n) is 2.53. The third-order valence-electron chi connectivity index (χ3n) is 3.70. The van der Waals surface area contributed by atoms with Gasteiger partial charge in [0, 0.05) is 5.56 Å². The van der Waals surface area contributed by atoms with Crippen molar-refractivity contribution in [1.29, 1.82) is 0 Å². The summed E-state index contributed by atoms with van der Waals surface area (Å²) in [4.78, 5) is 0. The summed E-state index contributed by atoms with van der Waals surface area (Å²) in [6, 6.07) is 1.87. The van der Waals surface area contributed by atoms with Gasteiger partial charge < -0.3 is 14.9 Å². The lowest BCUT2D eigenvalue weighted by Crippen LogP contribution is -2.32. The monoisotopic (exact) mass is 250 g/mol. The first kappa shape index (κ1) is 13.1. The number of aromatic hydroxyl groups is 2. The van der Waals surface area contributed by atoms with Gasteiger partial charge >= 0.3 is 0 Å². The van der Waals surface area contributed by atoms with Gasteiger partial charge in [0.1, 0.15) is 0 Å². The summed E-state index contributed by atoms with van der Waals surface area (Å²) in [5.41, 5.74) is 2.02. The highest BCUT2D eigenvalue weighted by molar-refractivity contribution is 5.63. The predicted octanol–water partition coefficient (Wildman–Crippen LogP) is 3.50. The zero-order chi connectivity index (χ0) is 13.3. The van der Waals surface area contributed by atoms with Crippen molar-refractivity contribution in [2.24, 2.45) is 0 Å². The smallest absolute Gasteiger partial charge is 0.200 e. The van der Waals surface area contributed by atoms with Crippen LogP contribution in [0.2, 0.25) is 0 Å². The number of hydrogen-bond donors (Lipinski definition) is 2. The molecule has 1 aromatic rings. The van der Waals surface area contributed by atoms with E-state index in [9.17, 15) is 10.2 Å². The summed E-state index contributed by atoms with van der Waals surface area (Å²) in [5.74, 6) is 0.299. The molecule has 0 amide bonds. The molecular weight excluding hydrogens is 228 g/mol. The summed E-state index contributed by atoms with van der Waals surface area (Å²) in [7, 11) is 0. The van der Waals surface area contributed by atoms with E-state index in [4.69, 9.17) is 4.74 Å². The molecule has 1 aromatic carbocycles. The third-order valence-corrected chi connectivity index (χ3v) is 3.70. The Hall–Kier alpha value is -1.38. The molecule has 0 atom stereocenters. The minimum atomic E-state index is -0.110. The first-order chi connectivity index (χ1) is 8.47. The van der Waals surface area contributed by atoms with Crippen LogP contribution in [0, 0.1) is 0 Å². The molecule has 0 fully saturated rings. The van der Waals surface area contributed by atoms with Gasteiger partial charge in [-0.3, -0.25) is 0 Å². The molecule has 0 bridgehead atoms. The minimum Gasteiger partial charge on any atom is -0.504 e. The number of hydrogen-bond acceptors (Lipinski definition) is 3. The Balaban J connectivity index is 2.16. The van der Waals surface area contributed by atoms with E-state index in [0.29, 0.717) is 12.4 Å². The fourth-order valence-corrected chi connectivity index (χ4v) is 2.53. The quantitative estimate of drug-likeness (QED) is 0.621. The van der Waals surface area contributed by atoms with Crippen LogP contribution in [0.25, 0.3) is 0 Å². The molecule has 0 saturated heterocycles. The van der Waals surface area contributed by atoms with E-state index in [1.807, 2.05) is 6.07 Å². The second kappa shape index (κ2) is 4.71. The summed E-state index contributed by atoms with van der Waals surface area (Å²) < 4.78 is 5.57. The van der Waals surface area contributed by atoms with E-state index >= 15 is 0 Å². The van der Waals surface area contributed by atoms with Crippen molar-refractivity contribution in [3.8, 4) is 17.2 Å². The highest BCUT2D eigenvalue weighted by Gasteiger charge is 2.38. The molecule has 0 unspecified atom stereocenters. The topological polar surface area (TPSA) is 49.7 Å². The average molecular weight is 250 g/mol. The minimum absolute atomic E-state index is 0.00248. The van der Waals surface area contributed by atoms with E-state index in [0.717, 1.165) is 36.8 Å². The Bertz CT molecular complexity index is 450. The van der Waals surface area contributed by atoms with Crippen LogP contribution in [0.4, 0.5) is 0 Å².